The molecule has 2 unspecified atom stereocenters. The molecule has 0 bridgehead atoms. The molecule has 16 heavy (non-hydrogen) atoms. The number of hydrogen-bond donors (Lipinski definition) is 3. The molecule has 94 valence electrons. The van der Waals surface area contributed by atoms with E-state index in [0.717, 1.165) is 32.1 Å². The summed E-state index contributed by atoms with van der Waals surface area (Å²) >= 11 is 0. The van der Waals surface area contributed by atoms with E-state index >= 15 is 0 Å². The molecule has 0 heterocycles. The van der Waals surface area contributed by atoms with Gasteiger partial charge in [0, 0.05) is 12.0 Å². The van der Waals surface area contributed by atoms with Gasteiger partial charge in [0.1, 0.15) is 0 Å². The van der Waals surface area contributed by atoms with Gasteiger partial charge in [-0.25, -0.2) is 0 Å². The Morgan fingerprint density at radius 1 is 1.25 bits per heavy atom. The highest BCUT2D eigenvalue weighted by Gasteiger charge is 2.54. The fraction of sp³-hybridized carbons (Fsp3) is 1.00. The highest BCUT2D eigenvalue weighted by Crippen LogP contribution is 2.49. The summed E-state index contributed by atoms with van der Waals surface area (Å²) in [7, 11) is 0. The number of nitrogens with two attached hydrogens (primary N) is 1. The first-order valence-corrected chi connectivity index (χ1v) is 6.76. The van der Waals surface area contributed by atoms with E-state index in [4.69, 9.17) is 5.73 Å². The standard InChI is InChI=1S/C13H25NO2/c1-2-12(15)13(16,9-7-8-9)10-5-3-4-6-11(10)14/h9-12,15-16H,2-8,14H2,1H3/t10?,11?,12-,13+/m1/s1. The fourth-order valence-corrected chi connectivity index (χ4v) is 3.43. The maximum atomic E-state index is 10.9. The summed E-state index contributed by atoms with van der Waals surface area (Å²) in [4.78, 5) is 0. The second-order valence-electron chi connectivity index (χ2n) is 5.64. The van der Waals surface area contributed by atoms with Crippen LogP contribution in [-0.2, 0) is 0 Å². The van der Waals surface area contributed by atoms with Gasteiger partial charge in [-0.1, -0.05) is 19.8 Å². The Hall–Kier alpha value is -0.120. The van der Waals surface area contributed by atoms with Gasteiger partial charge in [0.2, 0.25) is 0 Å². The van der Waals surface area contributed by atoms with Crippen LogP contribution >= 0.6 is 0 Å². The molecule has 2 aliphatic carbocycles. The van der Waals surface area contributed by atoms with Gasteiger partial charge in [-0.15, -0.1) is 0 Å². The summed E-state index contributed by atoms with van der Waals surface area (Å²) in [6, 6.07) is 0.0700. The Balaban J connectivity index is 2.16. The lowest BCUT2D eigenvalue weighted by Gasteiger charge is -2.45. The quantitative estimate of drug-likeness (QED) is 0.680. The SMILES string of the molecule is CC[C@@H](O)[C@](O)(C1CC1)C1CCCCC1N. The lowest BCUT2D eigenvalue weighted by Crippen LogP contribution is -2.57. The largest absolute Gasteiger partial charge is 0.390 e. The zero-order chi connectivity index (χ0) is 11.8. The molecule has 0 aromatic rings. The summed E-state index contributed by atoms with van der Waals surface area (Å²) in [5.74, 6) is 0.389. The Bertz CT molecular complexity index is 242. The average molecular weight is 227 g/mol. The molecule has 4 atom stereocenters. The predicted molar refractivity (Wildman–Crippen MR) is 63.9 cm³/mol. The Morgan fingerprint density at radius 3 is 2.38 bits per heavy atom. The van der Waals surface area contributed by atoms with E-state index < -0.39 is 11.7 Å². The van der Waals surface area contributed by atoms with Gasteiger partial charge in [-0.3, -0.25) is 0 Å². The molecule has 0 aromatic carbocycles. The van der Waals surface area contributed by atoms with Crippen molar-refractivity contribution in [1.29, 1.82) is 0 Å². The summed E-state index contributed by atoms with van der Waals surface area (Å²) in [5.41, 5.74) is 5.24. The zero-order valence-corrected chi connectivity index (χ0v) is 10.2. The normalized spacial score (nSPS) is 36.8. The lowest BCUT2D eigenvalue weighted by molar-refractivity contribution is -0.142. The van der Waals surface area contributed by atoms with Gasteiger partial charge in [-0.05, 0) is 38.0 Å². The Labute approximate surface area is 98.0 Å². The Kier molecular flexibility index (Phi) is 3.57. The van der Waals surface area contributed by atoms with Crippen molar-refractivity contribution in [2.45, 2.75) is 69.6 Å². The highest BCUT2D eigenvalue weighted by atomic mass is 16.3. The van der Waals surface area contributed by atoms with Crippen molar-refractivity contribution in [3.8, 4) is 0 Å². The van der Waals surface area contributed by atoms with Crippen LogP contribution in [0.4, 0.5) is 0 Å². The summed E-state index contributed by atoms with van der Waals surface area (Å²) in [5, 5.41) is 21.0. The van der Waals surface area contributed by atoms with Crippen LogP contribution in [0.15, 0.2) is 0 Å². The van der Waals surface area contributed by atoms with Gasteiger partial charge >= 0.3 is 0 Å². The van der Waals surface area contributed by atoms with Crippen LogP contribution in [-0.4, -0.2) is 28.0 Å². The maximum absolute atomic E-state index is 10.9. The first-order valence-electron chi connectivity index (χ1n) is 6.76. The third-order valence-corrected chi connectivity index (χ3v) is 4.57. The third kappa shape index (κ3) is 2.01. The molecular formula is C13H25NO2. The van der Waals surface area contributed by atoms with Gasteiger partial charge < -0.3 is 15.9 Å². The molecule has 0 spiro atoms. The van der Waals surface area contributed by atoms with E-state index in [9.17, 15) is 10.2 Å². The number of aliphatic hydroxyl groups is 2. The molecular weight excluding hydrogens is 202 g/mol. The first-order chi connectivity index (χ1) is 7.60. The number of hydrogen-bond acceptors (Lipinski definition) is 3. The van der Waals surface area contributed by atoms with Gasteiger partial charge in [0.25, 0.3) is 0 Å². The molecule has 0 radical (unpaired) electrons. The lowest BCUT2D eigenvalue weighted by atomic mass is 9.68. The van der Waals surface area contributed by atoms with Gasteiger partial charge in [-0.2, -0.15) is 0 Å². The summed E-state index contributed by atoms with van der Waals surface area (Å²) < 4.78 is 0. The van der Waals surface area contributed by atoms with Crippen molar-refractivity contribution < 1.29 is 10.2 Å². The van der Waals surface area contributed by atoms with Crippen molar-refractivity contribution in [2.75, 3.05) is 0 Å². The van der Waals surface area contributed by atoms with E-state index in [-0.39, 0.29) is 17.9 Å². The minimum atomic E-state index is -0.908. The van der Waals surface area contributed by atoms with Crippen LogP contribution < -0.4 is 5.73 Å². The minimum Gasteiger partial charge on any atom is -0.390 e. The van der Waals surface area contributed by atoms with Crippen LogP contribution in [0.3, 0.4) is 0 Å². The monoisotopic (exact) mass is 227 g/mol. The topological polar surface area (TPSA) is 66.5 Å². The molecule has 2 aliphatic rings. The molecule has 3 nitrogen and oxygen atoms in total. The van der Waals surface area contributed by atoms with Gasteiger partial charge in [0.15, 0.2) is 0 Å². The van der Waals surface area contributed by atoms with Crippen molar-refractivity contribution in [1.82, 2.24) is 0 Å². The van der Waals surface area contributed by atoms with E-state index in [1.165, 1.54) is 6.42 Å². The minimum absolute atomic E-state index is 0.0700. The molecule has 0 aromatic heterocycles. The molecule has 2 rings (SSSR count). The van der Waals surface area contributed by atoms with E-state index in [0.29, 0.717) is 6.42 Å². The Morgan fingerprint density at radius 2 is 1.88 bits per heavy atom. The highest BCUT2D eigenvalue weighted by molar-refractivity contribution is 5.06. The second kappa shape index (κ2) is 4.63. The molecule has 4 N–H and O–H groups in total. The molecule has 2 fully saturated rings. The van der Waals surface area contributed by atoms with E-state index in [2.05, 4.69) is 0 Å². The molecule has 3 heteroatoms. The smallest absolute Gasteiger partial charge is 0.0975 e. The van der Waals surface area contributed by atoms with Crippen LogP contribution in [0.25, 0.3) is 0 Å². The summed E-state index contributed by atoms with van der Waals surface area (Å²) in [6.45, 7) is 1.94. The summed E-state index contributed by atoms with van der Waals surface area (Å²) in [6.07, 6.45) is 6.41. The second-order valence-corrected chi connectivity index (χ2v) is 5.64. The first kappa shape index (κ1) is 12.3. The molecule has 2 saturated carbocycles. The molecule has 0 aliphatic heterocycles. The van der Waals surface area contributed by atoms with Crippen LogP contribution in [0.1, 0.15) is 51.9 Å². The maximum Gasteiger partial charge on any atom is 0.0975 e. The van der Waals surface area contributed by atoms with Crippen molar-refractivity contribution >= 4 is 0 Å². The van der Waals surface area contributed by atoms with Crippen LogP contribution in [0.5, 0.6) is 0 Å². The van der Waals surface area contributed by atoms with Crippen LogP contribution in [0.2, 0.25) is 0 Å². The fourth-order valence-electron chi connectivity index (χ4n) is 3.43. The van der Waals surface area contributed by atoms with Crippen molar-refractivity contribution in [3.05, 3.63) is 0 Å². The van der Waals surface area contributed by atoms with Gasteiger partial charge in [0.05, 0.1) is 11.7 Å². The molecule has 0 amide bonds. The van der Waals surface area contributed by atoms with Crippen molar-refractivity contribution in [2.24, 2.45) is 17.6 Å². The average Bonchev–Trinajstić information content (AvgIpc) is 3.11. The number of rotatable bonds is 4. The third-order valence-electron chi connectivity index (χ3n) is 4.57. The van der Waals surface area contributed by atoms with Crippen LogP contribution in [0, 0.1) is 11.8 Å². The predicted octanol–water partition coefficient (Wildman–Crippen LogP) is 1.42. The van der Waals surface area contributed by atoms with E-state index in [1.54, 1.807) is 0 Å². The zero-order valence-electron chi connectivity index (χ0n) is 10.2. The number of aliphatic hydroxyl groups excluding tert-OH is 1. The molecule has 0 saturated heterocycles. The van der Waals surface area contributed by atoms with E-state index in [1.807, 2.05) is 6.92 Å². The van der Waals surface area contributed by atoms with Crippen molar-refractivity contribution in [3.63, 3.8) is 0 Å².